The minimum absolute atomic E-state index is 0.0166. The van der Waals surface area contributed by atoms with E-state index in [4.69, 9.17) is 54.2 Å². The number of nitrogens with one attached hydrogen (secondary N) is 3. The van der Waals surface area contributed by atoms with Gasteiger partial charge in [0.15, 0.2) is 5.72 Å². The number of hydrogen-bond donors (Lipinski definition) is 4. The number of alkyl carbamates (subject to hydrolysis) is 1. The highest BCUT2D eigenvalue weighted by atomic mass is 35.5. The van der Waals surface area contributed by atoms with Crippen molar-refractivity contribution in [1.29, 1.82) is 0 Å². The highest BCUT2D eigenvalue weighted by Crippen LogP contribution is 2.49. The zero-order valence-electron chi connectivity index (χ0n) is 45.0. The van der Waals surface area contributed by atoms with Crippen LogP contribution in [0.5, 0.6) is 5.75 Å². The average Bonchev–Trinajstić information content (AvgIpc) is 4.09. The maximum atomic E-state index is 14.3. The van der Waals surface area contributed by atoms with Crippen molar-refractivity contribution >= 4 is 58.9 Å². The van der Waals surface area contributed by atoms with Crippen LogP contribution in [0.25, 0.3) is 0 Å². The number of aliphatic hydroxyl groups is 1. The third-order valence-electron chi connectivity index (χ3n) is 14.6. The van der Waals surface area contributed by atoms with Crippen LogP contribution < -0.4 is 25.6 Å². The van der Waals surface area contributed by atoms with Crippen molar-refractivity contribution in [2.75, 3.05) is 98.7 Å². The molecule has 1 aliphatic carbocycles. The highest BCUT2D eigenvalue weighted by molar-refractivity contribution is 6.35. The summed E-state index contributed by atoms with van der Waals surface area (Å²) in [4.78, 5) is 91.6. The SMILES string of the molecule is COc1cc2cc(c1Cl)N(C)C(=O)C[C@H](OC(=O)C1CCC(CNC(=O)CCOCCOCCOCCOCCNC(=O)CCN3C(=O)C=CC3=O)CC1)[C@@]1(C)O[C@H]1[C@H](C)[C@@H]1C[C@@](O)(NC(=O)O1)C(OC)/C=C/C=C(\C)C2. The molecule has 1 saturated carbocycles. The van der Waals surface area contributed by atoms with Gasteiger partial charge in [-0.3, -0.25) is 39.0 Å². The van der Waals surface area contributed by atoms with Gasteiger partial charge in [0.1, 0.15) is 34.7 Å². The lowest BCUT2D eigenvalue weighted by Gasteiger charge is -2.42. The number of ether oxygens (including phenoxy) is 9. The molecule has 1 aromatic carbocycles. The van der Waals surface area contributed by atoms with Gasteiger partial charge in [0.25, 0.3) is 11.8 Å². The van der Waals surface area contributed by atoms with Gasteiger partial charge >= 0.3 is 12.1 Å². The van der Waals surface area contributed by atoms with Crippen LogP contribution in [0.3, 0.4) is 0 Å². The molecule has 0 aromatic heterocycles. The number of esters is 1. The first kappa shape index (κ1) is 60.8. The number of rotatable bonds is 24. The number of carbonyl (C=O) groups is 7. The van der Waals surface area contributed by atoms with Crippen LogP contribution >= 0.6 is 11.6 Å². The van der Waals surface area contributed by atoms with E-state index in [-0.39, 0.29) is 74.7 Å². The molecule has 77 heavy (non-hydrogen) atoms. The molecule has 6 amide bonds. The molecule has 6 rings (SSSR count). The van der Waals surface area contributed by atoms with Gasteiger partial charge < -0.3 is 63.3 Å². The summed E-state index contributed by atoms with van der Waals surface area (Å²) in [5, 5.41) is 20.3. The van der Waals surface area contributed by atoms with Crippen molar-refractivity contribution in [2.24, 2.45) is 17.8 Å². The molecule has 3 fully saturated rings. The number of nitrogens with zero attached hydrogens (tertiary/aromatic N) is 2. The number of benzene rings is 1. The van der Waals surface area contributed by atoms with E-state index in [9.17, 15) is 38.7 Å². The number of amides is 6. The molecule has 22 nitrogen and oxygen atoms in total. The molecule has 5 aliphatic rings. The fourth-order valence-corrected chi connectivity index (χ4v) is 10.2. The Kier molecular flexibility index (Phi) is 22.8. The topological polar surface area (TPSA) is 269 Å². The molecular weight excluding hydrogens is 1030 g/mol. The number of hydrogen-bond acceptors (Lipinski definition) is 17. The number of allylic oxidation sites excluding steroid dienone is 3. The second kappa shape index (κ2) is 29.0. The fraction of sp³-hybridized carbons (Fsp3) is 0.648. The molecule has 4 bridgehead atoms. The molecule has 23 heteroatoms. The Bertz CT molecular complexity index is 2320. The van der Waals surface area contributed by atoms with E-state index in [1.54, 1.807) is 32.2 Å². The molecule has 4 N–H and O–H groups in total. The van der Waals surface area contributed by atoms with Gasteiger partial charge in [-0.25, -0.2) is 4.79 Å². The van der Waals surface area contributed by atoms with Crippen LogP contribution in [-0.4, -0.2) is 181 Å². The summed E-state index contributed by atoms with van der Waals surface area (Å²) in [5.74, 6) is -2.57. The largest absolute Gasteiger partial charge is 0.495 e. The van der Waals surface area contributed by atoms with Crippen LogP contribution in [0.15, 0.2) is 48.1 Å². The van der Waals surface area contributed by atoms with Gasteiger partial charge in [-0.05, 0) is 69.6 Å². The van der Waals surface area contributed by atoms with Crippen molar-refractivity contribution in [2.45, 2.75) is 114 Å². The Morgan fingerprint density at radius 1 is 0.883 bits per heavy atom. The van der Waals surface area contributed by atoms with Crippen LogP contribution in [0.4, 0.5) is 10.5 Å². The van der Waals surface area contributed by atoms with Crippen molar-refractivity contribution < 1.29 is 81.3 Å². The van der Waals surface area contributed by atoms with E-state index in [1.165, 1.54) is 31.3 Å². The monoisotopic (exact) mass is 1100 g/mol. The maximum Gasteiger partial charge on any atom is 0.409 e. The Labute approximate surface area is 454 Å². The molecule has 0 spiro atoms. The smallest absolute Gasteiger partial charge is 0.409 e. The molecule has 0 radical (unpaired) electrons. The summed E-state index contributed by atoms with van der Waals surface area (Å²) in [5.41, 5.74) is -0.857. The average molecular weight is 1100 g/mol. The van der Waals surface area contributed by atoms with E-state index in [0.717, 1.165) is 16.0 Å². The van der Waals surface area contributed by atoms with E-state index in [1.807, 2.05) is 26.0 Å². The highest BCUT2D eigenvalue weighted by Gasteiger charge is 2.64. The molecule has 4 aliphatic heterocycles. The summed E-state index contributed by atoms with van der Waals surface area (Å²) in [6, 6.07) is 3.62. The molecule has 2 saturated heterocycles. The lowest BCUT2D eigenvalue weighted by atomic mass is 9.81. The lowest BCUT2D eigenvalue weighted by Crippen LogP contribution is -2.63. The quantitative estimate of drug-likeness (QED) is 0.0500. The summed E-state index contributed by atoms with van der Waals surface area (Å²) >= 11 is 6.83. The standard InChI is InChI=1S/C54H76ClN5O17/c1-34-8-7-9-42(70-6)54(68)32-41(75-52(67)58-54)35(2)50-53(3,77-50)43(31-48(65)59(4)39-29-37(28-34)30-40(69-5)49(39)55)76-51(66)38-12-10-36(11-13-38)33-57-45(62)17-20-71-22-24-73-26-27-74-25-23-72-21-18-56-44(61)16-19-60-46(63)14-15-47(60)64/h7-9,14-15,29-30,35-36,38,41-43,50,68H,10-13,16-28,31-33H2,1-6H3,(H,56,61)(H,57,62)(H,58,67)/b9-7+,34-8+/t35-,36?,38?,41+,42?,43+,50+,53-,54+/m1/s1. The van der Waals surface area contributed by atoms with Crippen molar-refractivity contribution in [3.63, 3.8) is 0 Å². The normalized spacial score (nSPS) is 28.7. The first-order chi connectivity index (χ1) is 36.8. The minimum atomic E-state index is -1.83. The number of imide groups is 1. The van der Waals surface area contributed by atoms with Gasteiger partial charge in [-0.2, -0.15) is 0 Å². The van der Waals surface area contributed by atoms with E-state index in [2.05, 4.69) is 16.0 Å². The minimum Gasteiger partial charge on any atom is -0.495 e. The lowest BCUT2D eigenvalue weighted by molar-refractivity contribution is -0.160. The van der Waals surface area contributed by atoms with Crippen molar-refractivity contribution in [3.05, 3.63) is 58.7 Å². The van der Waals surface area contributed by atoms with Gasteiger partial charge in [-0.15, -0.1) is 0 Å². The van der Waals surface area contributed by atoms with Gasteiger partial charge in [0.05, 0.1) is 84.1 Å². The van der Waals surface area contributed by atoms with Gasteiger partial charge in [0, 0.05) is 71.1 Å². The summed E-state index contributed by atoms with van der Waals surface area (Å²) < 4.78 is 51.7. The van der Waals surface area contributed by atoms with Crippen molar-refractivity contribution in [3.8, 4) is 5.75 Å². The van der Waals surface area contributed by atoms with E-state index < -0.39 is 77.4 Å². The first-order valence-corrected chi connectivity index (χ1v) is 26.7. The maximum absolute atomic E-state index is 14.3. The van der Waals surface area contributed by atoms with Gasteiger partial charge in [-0.1, -0.05) is 42.3 Å². The molecule has 1 unspecified atom stereocenters. The Morgan fingerprint density at radius 3 is 2.17 bits per heavy atom. The van der Waals surface area contributed by atoms with Crippen molar-refractivity contribution in [1.82, 2.24) is 20.9 Å². The van der Waals surface area contributed by atoms with E-state index >= 15 is 0 Å². The number of anilines is 1. The Balaban J connectivity index is 0.903. The number of fused-ring (bicyclic) bond motifs is 5. The second-order valence-electron chi connectivity index (χ2n) is 20.2. The molecular formula is C54H76ClN5O17. The number of carbonyl (C=O) groups excluding carboxylic acids is 7. The zero-order chi connectivity index (χ0) is 55.7. The van der Waals surface area contributed by atoms with E-state index in [0.29, 0.717) is 89.7 Å². The third kappa shape index (κ3) is 17.3. The van der Waals surface area contributed by atoms with Crippen LogP contribution in [0.2, 0.25) is 5.02 Å². The van der Waals surface area contributed by atoms with Crippen LogP contribution in [-0.2, 0) is 73.1 Å². The van der Waals surface area contributed by atoms with Gasteiger partial charge in [0.2, 0.25) is 17.7 Å². The molecule has 426 valence electrons. The number of epoxide rings is 1. The number of halogens is 1. The Hall–Kier alpha value is -5.46. The predicted molar refractivity (Wildman–Crippen MR) is 279 cm³/mol. The molecule has 7 atom stereocenters. The fourth-order valence-electron chi connectivity index (χ4n) is 9.93. The molecule has 4 heterocycles. The van der Waals surface area contributed by atoms with Crippen LogP contribution in [0.1, 0.15) is 77.7 Å². The Morgan fingerprint density at radius 2 is 1.52 bits per heavy atom. The first-order valence-electron chi connectivity index (χ1n) is 26.3. The summed E-state index contributed by atoms with van der Waals surface area (Å²) in [6.45, 7) is 8.80. The van der Waals surface area contributed by atoms with Crippen LogP contribution in [0, 0.1) is 17.8 Å². The summed E-state index contributed by atoms with van der Waals surface area (Å²) in [6.07, 6.45) is 6.05. The zero-order valence-corrected chi connectivity index (χ0v) is 45.7. The summed E-state index contributed by atoms with van der Waals surface area (Å²) in [7, 11) is 4.54. The second-order valence-corrected chi connectivity index (χ2v) is 20.6. The third-order valence-corrected chi connectivity index (χ3v) is 15.0. The molecule has 1 aromatic rings. The predicted octanol–water partition coefficient (Wildman–Crippen LogP) is 3.48. The number of methoxy groups -OCH3 is 2.